The molecule has 0 aromatic carbocycles. The van der Waals surface area contributed by atoms with Gasteiger partial charge in [-0.15, -0.1) is 0 Å². The van der Waals surface area contributed by atoms with E-state index in [-0.39, 0.29) is 11.1 Å². The molecule has 2 heterocycles. The van der Waals surface area contributed by atoms with Gasteiger partial charge >= 0.3 is 0 Å². The molecule has 1 aliphatic heterocycles. The molecule has 1 saturated heterocycles. The minimum atomic E-state index is -3.49. The van der Waals surface area contributed by atoms with Gasteiger partial charge in [0, 0.05) is 25.4 Å². The van der Waals surface area contributed by atoms with Crippen LogP contribution in [0.5, 0.6) is 0 Å². The Balaban J connectivity index is 2.22. The number of aromatic nitrogens is 2. The first kappa shape index (κ1) is 13.9. The van der Waals surface area contributed by atoms with Gasteiger partial charge in [0.05, 0.1) is 12.8 Å². The number of hydrogen-bond donors (Lipinski definition) is 1. The molecule has 0 spiro atoms. The van der Waals surface area contributed by atoms with Crippen molar-refractivity contribution < 1.29 is 13.2 Å². The van der Waals surface area contributed by atoms with E-state index in [0.717, 1.165) is 17.9 Å². The van der Waals surface area contributed by atoms with E-state index >= 15 is 0 Å². The lowest BCUT2D eigenvalue weighted by Crippen LogP contribution is -2.42. The van der Waals surface area contributed by atoms with Crippen molar-refractivity contribution in [3.05, 3.63) is 12.3 Å². The molecule has 1 aromatic heterocycles. The van der Waals surface area contributed by atoms with Crippen LogP contribution in [0, 0.1) is 0 Å². The van der Waals surface area contributed by atoms with E-state index in [1.54, 1.807) is 18.9 Å². The third kappa shape index (κ3) is 2.87. The van der Waals surface area contributed by atoms with Crippen LogP contribution in [0.3, 0.4) is 0 Å². The Bertz CT molecular complexity index is 455. The number of hydrogen-bond acceptors (Lipinski definition) is 5. The van der Waals surface area contributed by atoms with Gasteiger partial charge in [0.2, 0.25) is 0 Å². The number of thioether (sulfide) groups is 1. The fraction of sp³-hybridized carbons (Fsp3) is 0.700. The Morgan fingerprint density at radius 2 is 2.50 bits per heavy atom. The van der Waals surface area contributed by atoms with Crippen molar-refractivity contribution in [2.24, 2.45) is 0 Å². The number of nitrogens with one attached hydrogen (secondary N) is 1. The summed E-state index contributed by atoms with van der Waals surface area (Å²) in [5, 5.41) is 6.39. The van der Waals surface area contributed by atoms with Crippen molar-refractivity contribution in [2.75, 3.05) is 31.8 Å². The van der Waals surface area contributed by atoms with Gasteiger partial charge < -0.3 is 4.74 Å². The first-order valence-corrected chi connectivity index (χ1v) is 8.33. The SMILES string of the molecule is COCCN(C1CCSC1)S(=O)(=O)c1ccn[nH]1. The third-order valence-electron chi connectivity index (χ3n) is 2.89. The van der Waals surface area contributed by atoms with Crippen LogP contribution in [0.25, 0.3) is 0 Å². The lowest BCUT2D eigenvalue weighted by molar-refractivity contribution is 0.169. The summed E-state index contributed by atoms with van der Waals surface area (Å²) in [5.74, 6) is 1.85. The van der Waals surface area contributed by atoms with Crippen LogP contribution in [-0.4, -0.2) is 60.7 Å². The largest absolute Gasteiger partial charge is 0.383 e. The molecule has 1 aliphatic rings. The molecule has 1 atom stereocenters. The highest BCUT2D eigenvalue weighted by atomic mass is 32.2. The summed E-state index contributed by atoms with van der Waals surface area (Å²) in [5.41, 5.74) is 0. The number of ether oxygens (including phenoxy) is 1. The highest BCUT2D eigenvalue weighted by Crippen LogP contribution is 2.26. The number of sulfonamides is 1. The first-order valence-electron chi connectivity index (χ1n) is 5.74. The van der Waals surface area contributed by atoms with E-state index in [1.807, 2.05) is 0 Å². The Hall–Kier alpha value is -0.570. The number of nitrogens with zero attached hydrogens (tertiary/aromatic N) is 2. The molecule has 0 amide bonds. The summed E-state index contributed by atoms with van der Waals surface area (Å²) in [6.07, 6.45) is 2.34. The lowest BCUT2D eigenvalue weighted by atomic mass is 10.3. The molecule has 0 radical (unpaired) electrons. The summed E-state index contributed by atoms with van der Waals surface area (Å²) in [6, 6.07) is 1.54. The van der Waals surface area contributed by atoms with Gasteiger partial charge in [-0.05, 0) is 18.2 Å². The molecule has 1 aromatic rings. The molecule has 1 unspecified atom stereocenters. The smallest absolute Gasteiger partial charge is 0.260 e. The molecule has 18 heavy (non-hydrogen) atoms. The number of H-pyrrole nitrogens is 1. The van der Waals surface area contributed by atoms with Gasteiger partial charge in [0.1, 0.15) is 0 Å². The predicted molar refractivity (Wildman–Crippen MR) is 70.1 cm³/mol. The maximum Gasteiger partial charge on any atom is 0.260 e. The fourth-order valence-electron chi connectivity index (χ4n) is 1.94. The monoisotopic (exact) mass is 291 g/mol. The summed E-state index contributed by atoms with van der Waals surface area (Å²) >= 11 is 1.78. The van der Waals surface area contributed by atoms with Crippen LogP contribution >= 0.6 is 11.8 Å². The first-order chi connectivity index (χ1) is 8.66. The highest BCUT2D eigenvalue weighted by molar-refractivity contribution is 7.99. The van der Waals surface area contributed by atoms with E-state index in [1.165, 1.54) is 16.6 Å². The zero-order valence-electron chi connectivity index (χ0n) is 10.2. The molecule has 102 valence electrons. The van der Waals surface area contributed by atoms with Gasteiger partial charge in [-0.25, -0.2) is 8.42 Å². The van der Waals surface area contributed by atoms with Crippen molar-refractivity contribution in [3.8, 4) is 0 Å². The van der Waals surface area contributed by atoms with Crippen LogP contribution in [0.2, 0.25) is 0 Å². The van der Waals surface area contributed by atoms with E-state index in [0.29, 0.717) is 13.2 Å². The quantitative estimate of drug-likeness (QED) is 0.828. The van der Waals surface area contributed by atoms with Crippen molar-refractivity contribution >= 4 is 21.8 Å². The molecular formula is C10H17N3O3S2. The molecule has 8 heteroatoms. The zero-order chi connectivity index (χ0) is 13.0. The predicted octanol–water partition coefficient (Wildman–Crippen LogP) is 0.552. The van der Waals surface area contributed by atoms with E-state index < -0.39 is 10.0 Å². The lowest BCUT2D eigenvalue weighted by Gasteiger charge is -2.26. The minimum Gasteiger partial charge on any atom is -0.383 e. The number of aromatic amines is 1. The zero-order valence-corrected chi connectivity index (χ0v) is 11.8. The van der Waals surface area contributed by atoms with Crippen LogP contribution in [0.4, 0.5) is 0 Å². The molecule has 1 fully saturated rings. The van der Waals surface area contributed by atoms with Crippen LogP contribution in [0.1, 0.15) is 6.42 Å². The van der Waals surface area contributed by atoms with Crippen molar-refractivity contribution in [1.82, 2.24) is 14.5 Å². The summed E-state index contributed by atoms with van der Waals surface area (Å²) < 4.78 is 31.5. The summed E-state index contributed by atoms with van der Waals surface area (Å²) in [7, 11) is -1.92. The van der Waals surface area contributed by atoms with Crippen LogP contribution < -0.4 is 0 Å². The maximum absolute atomic E-state index is 12.5. The average Bonchev–Trinajstić information content (AvgIpc) is 3.02. The maximum atomic E-state index is 12.5. The van der Waals surface area contributed by atoms with Gasteiger partial charge in [-0.2, -0.15) is 21.2 Å². The summed E-state index contributed by atoms with van der Waals surface area (Å²) in [6.45, 7) is 0.775. The number of rotatable bonds is 6. The van der Waals surface area contributed by atoms with Crippen molar-refractivity contribution in [2.45, 2.75) is 17.5 Å². The second kappa shape index (κ2) is 6.05. The fourth-order valence-corrected chi connectivity index (χ4v) is 4.80. The Morgan fingerprint density at radius 1 is 1.67 bits per heavy atom. The van der Waals surface area contributed by atoms with E-state index in [2.05, 4.69) is 10.2 Å². The highest BCUT2D eigenvalue weighted by Gasteiger charge is 2.33. The Labute approximate surface area is 111 Å². The molecule has 6 nitrogen and oxygen atoms in total. The molecule has 0 aliphatic carbocycles. The molecule has 0 bridgehead atoms. The average molecular weight is 291 g/mol. The van der Waals surface area contributed by atoms with Gasteiger partial charge in [-0.1, -0.05) is 0 Å². The second-order valence-corrected chi connectivity index (χ2v) is 7.06. The third-order valence-corrected chi connectivity index (χ3v) is 5.92. The van der Waals surface area contributed by atoms with Crippen molar-refractivity contribution in [1.29, 1.82) is 0 Å². The van der Waals surface area contributed by atoms with Crippen LogP contribution in [0.15, 0.2) is 17.3 Å². The van der Waals surface area contributed by atoms with E-state index in [4.69, 9.17) is 4.74 Å². The molecule has 1 N–H and O–H groups in total. The van der Waals surface area contributed by atoms with Gasteiger partial charge in [0.25, 0.3) is 10.0 Å². The Morgan fingerprint density at radius 3 is 3.06 bits per heavy atom. The van der Waals surface area contributed by atoms with Gasteiger partial charge in [0.15, 0.2) is 5.03 Å². The Kier molecular flexibility index (Phi) is 4.66. The van der Waals surface area contributed by atoms with E-state index in [9.17, 15) is 8.42 Å². The summed E-state index contributed by atoms with van der Waals surface area (Å²) in [4.78, 5) is 0. The second-order valence-electron chi connectivity index (χ2n) is 4.05. The minimum absolute atomic E-state index is 0.0541. The normalized spacial score (nSPS) is 20.7. The standard InChI is InChI=1S/C10H17N3O3S2/c1-16-6-5-13(9-3-7-17-8-9)18(14,15)10-2-4-11-12-10/h2,4,9H,3,5-8H2,1H3,(H,11,12). The van der Waals surface area contributed by atoms with Crippen LogP contribution in [-0.2, 0) is 14.8 Å². The molecular weight excluding hydrogens is 274 g/mol. The topological polar surface area (TPSA) is 75.3 Å². The molecule has 2 rings (SSSR count). The molecule has 0 saturated carbocycles. The number of methoxy groups -OCH3 is 1. The van der Waals surface area contributed by atoms with Crippen molar-refractivity contribution in [3.63, 3.8) is 0 Å². The van der Waals surface area contributed by atoms with Gasteiger partial charge in [-0.3, -0.25) is 5.10 Å².